The van der Waals surface area contributed by atoms with E-state index in [1.54, 1.807) is 28.8 Å². The number of rotatable bonds is 13. The SMILES string of the molecule is C=CCN(CCC)C(=O)[C@@H]1[C@H]2C(=O)N(CCCO)C(C(=O)N(CC=C)C(C)(C)CC(C)(C)C)C23CC[C@@]1(C)S3. The fourth-order valence-corrected chi connectivity index (χ4v) is 10.1. The lowest BCUT2D eigenvalue weighted by atomic mass is 9.66. The first kappa shape index (κ1) is 31.7. The van der Waals surface area contributed by atoms with Crippen LogP contribution in [0.1, 0.15) is 80.6 Å². The lowest BCUT2D eigenvalue weighted by Gasteiger charge is -2.46. The predicted molar refractivity (Wildman–Crippen MR) is 159 cm³/mol. The van der Waals surface area contributed by atoms with Crippen molar-refractivity contribution in [1.82, 2.24) is 14.7 Å². The van der Waals surface area contributed by atoms with Crippen molar-refractivity contribution in [2.45, 2.75) is 102 Å². The van der Waals surface area contributed by atoms with E-state index in [9.17, 15) is 19.5 Å². The molecule has 0 saturated carbocycles. The van der Waals surface area contributed by atoms with Crippen molar-refractivity contribution in [1.29, 1.82) is 0 Å². The second-order valence-electron chi connectivity index (χ2n) is 13.7. The standard InChI is InChI=1S/C31H51N3O4S/c1-10-16-32(17-11-2)25(36)22-23-26(37)33(19-13-20-35)24(31(23)15-14-30(22,9)39-31)27(38)34(18-12-3)29(7,8)21-28(4,5)6/h10,12,22-24,35H,1,3,11,13-21H2,2,4-9H3/t22-,23-,24?,30+,31?/m0/s1. The molecule has 3 aliphatic heterocycles. The van der Waals surface area contributed by atoms with Crippen molar-refractivity contribution in [3.05, 3.63) is 25.3 Å². The molecule has 220 valence electrons. The highest BCUT2D eigenvalue weighted by Crippen LogP contribution is 2.71. The normalized spacial score (nSPS) is 29.9. The first-order valence-electron chi connectivity index (χ1n) is 14.6. The third kappa shape index (κ3) is 5.70. The molecule has 0 radical (unpaired) electrons. The lowest BCUT2D eigenvalue weighted by molar-refractivity contribution is -0.147. The maximum absolute atomic E-state index is 14.7. The minimum Gasteiger partial charge on any atom is -0.396 e. The molecule has 8 heteroatoms. The molecule has 0 aromatic rings. The molecule has 0 aliphatic carbocycles. The van der Waals surface area contributed by atoms with Gasteiger partial charge < -0.3 is 19.8 Å². The number of amides is 3. The number of fused-ring (bicyclic) bond motifs is 1. The molecule has 3 aliphatic rings. The van der Waals surface area contributed by atoms with Crippen LogP contribution in [0.15, 0.2) is 25.3 Å². The number of hydrogen-bond acceptors (Lipinski definition) is 5. The summed E-state index contributed by atoms with van der Waals surface area (Å²) < 4.78 is -1.07. The molecular weight excluding hydrogens is 510 g/mol. The van der Waals surface area contributed by atoms with E-state index in [0.29, 0.717) is 32.6 Å². The zero-order chi connectivity index (χ0) is 29.4. The quantitative estimate of drug-likeness (QED) is 0.335. The number of carbonyl (C=O) groups is 3. The van der Waals surface area contributed by atoms with Crippen molar-refractivity contribution in [3.8, 4) is 0 Å². The smallest absolute Gasteiger partial charge is 0.247 e. The second kappa shape index (κ2) is 11.6. The van der Waals surface area contributed by atoms with Gasteiger partial charge in [-0.2, -0.15) is 0 Å². The number of aliphatic hydroxyl groups is 1. The number of carbonyl (C=O) groups excluding carboxylic acids is 3. The first-order chi connectivity index (χ1) is 18.1. The zero-order valence-corrected chi connectivity index (χ0v) is 26.1. The van der Waals surface area contributed by atoms with Crippen molar-refractivity contribution in [2.24, 2.45) is 17.3 Å². The molecule has 0 aromatic carbocycles. The number of hydrogen-bond donors (Lipinski definition) is 1. The van der Waals surface area contributed by atoms with Gasteiger partial charge in [-0.1, -0.05) is 39.8 Å². The summed E-state index contributed by atoms with van der Waals surface area (Å²) in [6, 6.07) is -0.676. The Morgan fingerprint density at radius 1 is 1.13 bits per heavy atom. The Bertz CT molecular complexity index is 975. The average Bonchev–Trinajstić information content (AvgIpc) is 3.39. The third-order valence-electron chi connectivity index (χ3n) is 8.76. The summed E-state index contributed by atoms with van der Waals surface area (Å²) in [5, 5.41) is 9.67. The van der Waals surface area contributed by atoms with Crippen LogP contribution < -0.4 is 0 Å². The van der Waals surface area contributed by atoms with Crippen LogP contribution in [0, 0.1) is 17.3 Å². The highest BCUT2D eigenvalue weighted by molar-refractivity contribution is 8.02. The molecule has 3 heterocycles. The van der Waals surface area contributed by atoms with Crippen molar-refractivity contribution in [2.75, 3.05) is 32.8 Å². The van der Waals surface area contributed by atoms with E-state index in [0.717, 1.165) is 25.7 Å². The molecule has 3 fully saturated rings. The molecule has 5 atom stereocenters. The minimum atomic E-state index is -0.676. The summed E-state index contributed by atoms with van der Waals surface area (Å²) in [7, 11) is 0. The van der Waals surface area contributed by atoms with E-state index in [2.05, 4.69) is 54.7 Å². The molecule has 39 heavy (non-hydrogen) atoms. The Kier molecular flexibility index (Phi) is 9.43. The van der Waals surface area contributed by atoms with Crippen LogP contribution in [-0.4, -0.2) is 91.4 Å². The van der Waals surface area contributed by atoms with Gasteiger partial charge in [0.1, 0.15) is 6.04 Å². The largest absolute Gasteiger partial charge is 0.396 e. The monoisotopic (exact) mass is 561 g/mol. The van der Waals surface area contributed by atoms with Gasteiger partial charge in [0.05, 0.1) is 16.6 Å². The summed E-state index contributed by atoms with van der Waals surface area (Å²) in [6.07, 6.45) is 7.01. The highest BCUT2D eigenvalue weighted by Gasteiger charge is 2.77. The molecule has 3 amide bonds. The van der Waals surface area contributed by atoms with Crippen molar-refractivity contribution in [3.63, 3.8) is 0 Å². The maximum atomic E-state index is 14.7. The van der Waals surface area contributed by atoms with Crippen LogP contribution in [0.2, 0.25) is 0 Å². The predicted octanol–water partition coefficient (Wildman–Crippen LogP) is 4.50. The molecule has 1 spiro atoms. The van der Waals surface area contributed by atoms with E-state index in [1.807, 2.05) is 16.7 Å². The fourth-order valence-electron chi connectivity index (χ4n) is 7.78. The van der Waals surface area contributed by atoms with Crippen molar-refractivity contribution < 1.29 is 19.5 Å². The van der Waals surface area contributed by atoms with E-state index in [4.69, 9.17) is 0 Å². The molecule has 3 saturated heterocycles. The molecule has 0 aromatic heterocycles. The maximum Gasteiger partial charge on any atom is 0.247 e. The van der Waals surface area contributed by atoms with Gasteiger partial charge >= 0.3 is 0 Å². The molecule has 7 nitrogen and oxygen atoms in total. The van der Waals surface area contributed by atoms with E-state index in [1.165, 1.54) is 0 Å². The number of aliphatic hydroxyl groups excluding tert-OH is 1. The Morgan fingerprint density at radius 3 is 2.31 bits per heavy atom. The topological polar surface area (TPSA) is 81.2 Å². The first-order valence-corrected chi connectivity index (χ1v) is 15.4. The Morgan fingerprint density at radius 2 is 1.77 bits per heavy atom. The van der Waals surface area contributed by atoms with E-state index < -0.39 is 32.9 Å². The van der Waals surface area contributed by atoms with Crippen LogP contribution >= 0.6 is 11.8 Å². The Labute approximate surface area is 240 Å². The number of likely N-dealkylation sites (tertiary alicyclic amines) is 1. The van der Waals surface area contributed by atoms with Gasteiger partial charge in [0.15, 0.2) is 0 Å². The Hall–Kier alpha value is -1.80. The number of nitrogens with zero attached hydrogens (tertiary/aromatic N) is 3. The zero-order valence-electron chi connectivity index (χ0n) is 25.3. The van der Waals surface area contributed by atoms with Crippen molar-refractivity contribution >= 4 is 29.5 Å². The van der Waals surface area contributed by atoms with Gasteiger partial charge in [-0.05, 0) is 58.3 Å². The van der Waals surface area contributed by atoms with Gasteiger partial charge in [0.2, 0.25) is 17.7 Å². The molecule has 1 N–H and O–H groups in total. The second-order valence-corrected chi connectivity index (χ2v) is 15.6. The number of thioether (sulfide) groups is 1. The Balaban J connectivity index is 2.11. The minimum absolute atomic E-state index is 0.00195. The lowest BCUT2D eigenvalue weighted by Crippen LogP contribution is -2.60. The average molecular weight is 562 g/mol. The summed E-state index contributed by atoms with van der Waals surface area (Å²) in [4.78, 5) is 48.6. The van der Waals surface area contributed by atoms with Crippen LogP contribution in [0.5, 0.6) is 0 Å². The van der Waals surface area contributed by atoms with Gasteiger partial charge in [-0.15, -0.1) is 24.9 Å². The molecule has 2 unspecified atom stereocenters. The van der Waals surface area contributed by atoms with E-state index >= 15 is 0 Å². The fraction of sp³-hybridized carbons (Fsp3) is 0.774. The molecule has 3 rings (SSSR count). The van der Waals surface area contributed by atoms with Crippen LogP contribution in [-0.2, 0) is 14.4 Å². The summed E-state index contributed by atoms with van der Waals surface area (Å²) >= 11 is 1.71. The summed E-state index contributed by atoms with van der Waals surface area (Å²) in [6.45, 7) is 24.3. The van der Waals surface area contributed by atoms with Gasteiger partial charge in [-0.25, -0.2) is 0 Å². The van der Waals surface area contributed by atoms with Gasteiger partial charge in [0, 0.05) is 43.1 Å². The van der Waals surface area contributed by atoms with Crippen LogP contribution in [0.4, 0.5) is 0 Å². The van der Waals surface area contributed by atoms with Gasteiger partial charge in [0.25, 0.3) is 0 Å². The van der Waals surface area contributed by atoms with Crippen LogP contribution in [0.3, 0.4) is 0 Å². The highest BCUT2D eigenvalue weighted by atomic mass is 32.2. The summed E-state index contributed by atoms with van der Waals surface area (Å²) in [5.41, 5.74) is -0.474. The van der Waals surface area contributed by atoms with Gasteiger partial charge in [-0.3, -0.25) is 14.4 Å². The molecule has 2 bridgehead atoms. The third-order valence-corrected chi connectivity index (χ3v) is 10.7. The molecular formula is C31H51N3O4S. The van der Waals surface area contributed by atoms with E-state index in [-0.39, 0.29) is 29.7 Å². The summed E-state index contributed by atoms with van der Waals surface area (Å²) in [5.74, 6) is -1.22. The van der Waals surface area contributed by atoms with Crippen LogP contribution in [0.25, 0.3) is 0 Å².